The first-order valence-electron chi connectivity index (χ1n) is 5.56. The molecule has 0 spiro atoms. The van der Waals surface area contributed by atoms with Crippen molar-refractivity contribution in [3.63, 3.8) is 0 Å². The maximum Gasteiger partial charge on any atom is 0.156 e. The third kappa shape index (κ3) is 1.74. The number of rotatable bonds is 1. The van der Waals surface area contributed by atoms with Crippen LogP contribution in [-0.2, 0) is 0 Å². The van der Waals surface area contributed by atoms with Crippen molar-refractivity contribution in [1.29, 1.82) is 0 Å². The van der Waals surface area contributed by atoms with Crippen molar-refractivity contribution in [1.82, 2.24) is 19.9 Å². The third-order valence-electron chi connectivity index (χ3n) is 2.99. The molecule has 3 rings (SSSR count). The minimum absolute atomic E-state index is 0.459. The normalized spacial score (nSPS) is 21.4. The van der Waals surface area contributed by atoms with Crippen molar-refractivity contribution < 1.29 is 0 Å². The van der Waals surface area contributed by atoms with Crippen molar-refractivity contribution in [3.05, 3.63) is 28.6 Å². The summed E-state index contributed by atoms with van der Waals surface area (Å²) in [7, 11) is 0. The molecule has 2 aromatic heterocycles. The Bertz CT molecular complexity index is 502. The lowest BCUT2D eigenvalue weighted by Crippen LogP contribution is -2.28. The Morgan fingerprint density at radius 3 is 3.12 bits per heavy atom. The maximum absolute atomic E-state index is 4.58. The molecule has 5 heteroatoms. The molecule has 0 radical (unpaired) electrons. The van der Waals surface area contributed by atoms with Gasteiger partial charge >= 0.3 is 0 Å². The molecule has 1 aliphatic rings. The minimum atomic E-state index is 0.459. The van der Waals surface area contributed by atoms with Crippen LogP contribution in [0.4, 0.5) is 0 Å². The van der Waals surface area contributed by atoms with E-state index in [9.17, 15) is 0 Å². The topological polar surface area (TPSA) is 42.2 Å². The van der Waals surface area contributed by atoms with Gasteiger partial charge in [0.05, 0.1) is 0 Å². The Kier molecular flexibility index (Phi) is 2.65. The highest BCUT2D eigenvalue weighted by Gasteiger charge is 2.19. The van der Waals surface area contributed by atoms with Crippen LogP contribution in [0.1, 0.15) is 24.6 Å². The van der Waals surface area contributed by atoms with Gasteiger partial charge in [-0.25, -0.2) is 9.50 Å². The SMILES string of the molecule is Brc1cccc2nc(C3CCCNC3)nn12. The summed E-state index contributed by atoms with van der Waals surface area (Å²) >= 11 is 3.48. The van der Waals surface area contributed by atoms with Gasteiger partial charge in [-0.2, -0.15) is 0 Å². The predicted molar refractivity (Wildman–Crippen MR) is 65.5 cm³/mol. The quantitative estimate of drug-likeness (QED) is 0.812. The maximum atomic E-state index is 4.58. The number of fused-ring (bicyclic) bond motifs is 1. The van der Waals surface area contributed by atoms with E-state index in [4.69, 9.17) is 0 Å². The van der Waals surface area contributed by atoms with Gasteiger partial charge in [-0.05, 0) is 47.4 Å². The van der Waals surface area contributed by atoms with Crippen LogP contribution in [0.3, 0.4) is 0 Å². The number of nitrogens with one attached hydrogen (secondary N) is 1. The zero-order valence-corrected chi connectivity index (χ0v) is 10.4. The summed E-state index contributed by atoms with van der Waals surface area (Å²) in [4.78, 5) is 4.58. The molecule has 0 aromatic carbocycles. The van der Waals surface area contributed by atoms with E-state index in [0.29, 0.717) is 5.92 Å². The second kappa shape index (κ2) is 4.14. The molecule has 0 saturated carbocycles. The zero-order valence-electron chi connectivity index (χ0n) is 8.86. The van der Waals surface area contributed by atoms with Crippen molar-refractivity contribution in [2.75, 3.05) is 13.1 Å². The molecule has 1 N–H and O–H groups in total. The summed E-state index contributed by atoms with van der Waals surface area (Å²) in [6, 6.07) is 5.94. The van der Waals surface area contributed by atoms with Crippen LogP contribution >= 0.6 is 15.9 Å². The van der Waals surface area contributed by atoms with E-state index >= 15 is 0 Å². The van der Waals surface area contributed by atoms with Crippen LogP contribution in [0.5, 0.6) is 0 Å². The fourth-order valence-electron chi connectivity index (χ4n) is 2.14. The van der Waals surface area contributed by atoms with Gasteiger partial charge in [-0.1, -0.05) is 6.07 Å². The summed E-state index contributed by atoms with van der Waals surface area (Å²) in [5.74, 6) is 1.42. The van der Waals surface area contributed by atoms with E-state index in [1.54, 1.807) is 0 Å². The molecule has 84 valence electrons. The lowest BCUT2D eigenvalue weighted by Gasteiger charge is -2.19. The molecule has 1 aliphatic heterocycles. The fourth-order valence-corrected chi connectivity index (χ4v) is 2.55. The molecule has 1 atom stereocenters. The van der Waals surface area contributed by atoms with Crippen LogP contribution in [0.2, 0.25) is 0 Å². The number of halogens is 1. The average molecular weight is 281 g/mol. The van der Waals surface area contributed by atoms with Crippen molar-refractivity contribution >= 4 is 21.6 Å². The molecule has 1 saturated heterocycles. The van der Waals surface area contributed by atoms with Crippen molar-refractivity contribution in [2.45, 2.75) is 18.8 Å². The van der Waals surface area contributed by atoms with E-state index in [2.05, 4.69) is 31.3 Å². The Labute approximate surface area is 102 Å². The summed E-state index contributed by atoms with van der Waals surface area (Å²) in [5, 5.41) is 7.95. The van der Waals surface area contributed by atoms with Gasteiger partial charge in [-0.3, -0.25) is 0 Å². The largest absolute Gasteiger partial charge is 0.316 e. The molecule has 3 heterocycles. The van der Waals surface area contributed by atoms with Gasteiger partial charge < -0.3 is 5.32 Å². The number of nitrogens with zero attached hydrogens (tertiary/aromatic N) is 3. The van der Waals surface area contributed by atoms with Gasteiger partial charge in [0.2, 0.25) is 0 Å². The first-order valence-corrected chi connectivity index (χ1v) is 6.36. The number of pyridine rings is 1. The first-order chi connectivity index (χ1) is 7.84. The molecule has 2 aromatic rings. The highest BCUT2D eigenvalue weighted by Crippen LogP contribution is 2.21. The molecule has 1 fully saturated rings. The standard InChI is InChI=1S/C11H13BrN4/c12-9-4-1-5-10-14-11(15-16(9)10)8-3-2-6-13-7-8/h1,4-5,8,13H,2-3,6-7H2. The molecule has 0 aliphatic carbocycles. The zero-order chi connectivity index (χ0) is 11.0. The lowest BCUT2D eigenvalue weighted by molar-refractivity contribution is 0.446. The molecule has 0 amide bonds. The van der Waals surface area contributed by atoms with E-state index in [1.807, 2.05) is 22.7 Å². The molecular formula is C11H13BrN4. The second-order valence-electron chi connectivity index (χ2n) is 4.13. The molecule has 0 bridgehead atoms. The van der Waals surface area contributed by atoms with E-state index < -0.39 is 0 Å². The molecule has 4 nitrogen and oxygen atoms in total. The van der Waals surface area contributed by atoms with Crippen LogP contribution in [0.15, 0.2) is 22.8 Å². The van der Waals surface area contributed by atoms with Gasteiger partial charge in [0.1, 0.15) is 4.60 Å². The molecule has 16 heavy (non-hydrogen) atoms. The van der Waals surface area contributed by atoms with E-state index in [0.717, 1.165) is 29.2 Å². The van der Waals surface area contributed by atoms with Crippen LogP contribution in [0.25, 0.3) is 5.65 Å². The number of piperidine rings is 1. The molecule has 1 unspecified atom stereocenters. The van der Waals surface area contributed by atoms with E-state index in [1.165, 1.54) is 12.8 Å². The third-order valence-corrected chi connectivity index (χ3v) is 3.59. The van der Waals surface area contributed by atoms with Crippen LogP contribution in [-0.4, -0.2) is 27.7 Å². The van der Waals surface area contributed by atoms with Crippen LogP contribution in [0, 0.1) is 0 Å². The number of aromatic nitrogens is 3. The monoisotopic (exact) mass is 280 g/mol. The summed E-state index contributed by atoms with van der Waals surface area (Å²) < 4.78 is 2.80. The Morgan fingerprint density at radius 2 is 2.38 bits per heavy atom. The van der Waals surface area contributed by atoms with Crippen molar-refractivity contribution in [3.8, 4) is 0 Å². The summed E-state index contributed by atoms with van der Waals surface area (Å²) in [5.41, 5.74) is 0.912. The average Bonchev–Trinajstić information content (AvgIpc) is 2.76. The summed E-state index contributed by atoms with van der Waals surface area (Å²) in [6.07, 6.45) is 2.39. The highest BCUT2D eigenvalue weighted by atomic mass is 79.9. The Hall–Kier alpha value is -0.940. The van der Waals surface area contributed by atoms with Crippen LogP contribution < -0.4 is 5.32 Å². The lowest BCUT2D eigenvalue weighted by atomic mass is 9.99. The highest BCUT2D eigenvalue weighted by molar-refractivity contribution is 9.10. The number of hydrogen-bond acceptors (Lipinski definition) is 3. The van der Waals surface area contributed by atoms with Gasteiger partial charge in [0, 0.05) is 12.5 Å². The van der Waals surface area contributed by atoms with Gasteiger partial charge in [0.15, 0.2) is 11.5 Å². The van der Waals surface area contributed by atoms with Crippen molar-refractivity contribution in [2.24, 2.45) is 0 Å². The minimum Gasteiger partial charge on any atom is -0.316 e. The predicted octanol–water partition coefficient (Wildman–Crippen LogP) is 1.96. The number of hydrogen-bond donors (Lipinski definition) is 1. The molecular weight excluding hydrogens is 268 g/mol. The fraction of sp³-hybridized carbons (Fsp3) is 0.455. The van der Waals surface area contributed by atoms with E-state index in [-0.39, 0.29) is 0 Å². The first kappa shape index (κ1) is 10.2. The Morgan fingerprint density at radius 1 is 1.44 bits per heavy atom. The Balaban J connectivity index is 2.01. The summed E-state index contributed by atoms with van der Waals surface area (Å²) in [6.45, 7) is 2.11. The van der Waals surface area contributed by atoms with Gasteiger partial charge in [0.25, 0.3) is 0 Å². The second-order valence-corrected chi connectivity index (χ2v) is 4.94. The smallest absolute Gasteiger partial charge is 0.156 e. The van der Waals surface area contributed by atoms with Gasteiger partial charge in [-0.15, -0.1) is 5.10 Å².